The molecule has 23 heavy (non-hydrogen) atoms. The van der Waals surface area contributed by atoms with Crippen LogP contribution in [0.1, 0.15) is 50.3 Å². The van der Waals surface area contributed by atoms with Crippen LogP contribution in [0.4, 0.5) is 4.79 Å². The van der Waals surface area contributed by atoms with Crippen molar-refractivity contribution in [3.8, 4) is 0 Å². The average Bonchev–Trinajstić information content (AvgIpc) is 2.82. The van der Waals surface area contributed by atoms with E-state index < -0.39 is 11.7 Å². The van der Waals surface area contributed by atoms with Crippen LogP contribution in [-0.4, -0.2) is 33.8 Å². The molecule has 1 fully saturated rings. The van der Waals surface area contributed by atoms with Crippen LogP contribution in [0.25, 0.3) is 0 Å². The van der Waals surface area contributed by atoms with Gasteiger partial charge in [-0.25, -0.2) is 4.79 Å². The predicted octanol–water partition coefficient (Wildman–Crippen LogP) is 2.18. The normalized spacial score (nSPS) is 19.9. The first kappa shape index (κ1) is 16.1. The van der Waals surface area contributed by atoms with Crippen molar-refractivity contribution >= 4 is 6.09 Å². The Morgan fingerprint density at radius 1 is 1.30 bits per heavy atom. The third kappa shape index (κ3) is 2.45. The van der Waals surface area contributed by atoms with Gasteiger partial charge in [-0.1, -0.05) is 20.8 Å². The number of hydrogen-bond donors (Lipinski definition) is 1. The highest BCUT2D eigenvalue weighted by Gasteiger charge is 2.47. The van der Waals surface area contributed by atoms with E-state index in [1.165, 1.54) is 4.90 Å². The summed E-state index contributed by atoms with van der Waals surface area (Å²) in [4.78, 5) is 25.1. The Bertz CT molecular complexity index is 707. The van der Waals surface area contributed by atoms with Crippen molar-refractivity contribution < 1.29 is 14.6 Å². The molecule has 0 bridgehead atoms. The molecular weight excluding hydrogens is 296 g/mol. The van der Waals surface area contributed by atoms with Crippen LogP contribution in [0.5, 0.6) is 0 Å². The van der Waals surface area contributed by atoms with Gasteiger partial charge in [0, 0.05) is 37.5 Å². The fraction of sp³-hybridized carbons (Fsp3) is 0.647. The number of nitrogens with zero attached hydrogens (tertiary/aromatic N) is 2. The quantitative estimate of drug-likeness (QED) is 0.795. The summed E-state index contributed by atoms with van der Waals surface area (Å²) in [5.41, 5.74) is 2.24. The lowest BCUT2D eigenvalue weighted by Crippen LogP contribution is -2.45. The number of aromatic nitrogens is 1. The van der Waals surface area contributed by atoms with Gasteiger partial charge in [0.25, 0.3) is 5.56 Å². The summed E-state index contributed by atoms with van der Waals surface area (Å²) in [5.74, 6) is 0. The molecule has 0 aromatic carbocycles. The number of piperidine rings is 1. The van der Waals surface area contributed by atoms with Gasteiger partial charge in [0.05, 0.1) is 12.2 Å². The Morgan fingerprint density at radius 2 is 1.91 bits per heavy atom. The van der Waals surface area contributed by atoms with Gasteiger partial charge in [-0.15, -0.1) is 0 Å². The highest BCUT2D eigenvalue weighted by atomic mass is 16.5. The van der Waals surface area contributed by atoms with Crippen LogP contribution < -0.4 is 5.56 Å². The smallest absolute Gasteiger partial charge is 0.407 e. The number of hydrogen-bond acceptors (Lipinski definition) is 3. The predicted molar refractivity (Wildman–Crippen MR) is 85.7 cm³/mol. The van der Waals surface area contributed by atoms with Crippen LogP contribution >= 0.6 is 0 Å². The van der Waals surface area contributed by atoms with Gasteiger partial charge in [0.2, 0.25) is 0 Å². The van der Waals surface area contributed by atoms with Crippen LogP contribution in [0.3, 0.4) is 0 Å². The lowest BCUT2D eigenvalue weighted by atomic mass is 9.75. The highest BCUT2D eigenvalue weighted by molar-refractivity contribution is 5.65. The highest BCUT2D eigenvalue weighted by Crippen LogP contribution is 2.47. The first-order valence-electron chi connectivity index (χ1n) is 8.01. The SMILES string of the molecule is Cn1cc(C(C)(C)C)c2c(c1=O)COC21CCN(C(=O)O)CC1. The van der Waals surface area contributed by atoms with Gasteiger partial charge in [0.1, 0.15) is 0 Å². The largest absolute Gasteiger partial charge is 0.465 e. The second kappa shape index (κ2) is 5.09. The zero-order valence-electron chi connectivity index (χ0n) is 14.2. The monoisotopic (exact) mass is 320 g/mol. The Morgan fingerprint density at radius 3 is 2.43 bits per heavy atom. The summed E-state index contributed by atoms with van der Waals surface area (Å²) in [6.07, 6.45) is 2.23. The van der Waals surface area contributed by atoms with Gasteiger partial charge < -0.3 is 19.3 Å². The minimum atomic E-state index is -0.891. The molecule has 0 unspecified atom stereocenters. The number of ether oxygens (including phenoxy) is 1. The summed E-state index contributed by atoms with van der Waals surface area (Å²) in [6, 6.07) is 0. The lowest BCUT2D eigenvalue weighted by Gasteiger charge is -2.40. The Kier molecular flexibility index (Phi) is 3.55. The molecule has 1 N–H and O–H groups in total. The number of rotatable bonds is 0. The van der Waals surface area contributed by atoms with E-state index in [9.17, 15) is 9.59 Å². The molecule has 3 heterocycles. The van der Waals surface area contributed by atoms with Crippen LogP contribution in [0.15, 0.2) is 11.0 Å². The molecule has 6 heteroatoms. The van der Waals surface area contributed by atoms with Gasteiger partial charge in [-0.2, -0.15) is 0 Å². The molecule has 1 aromatic heterocycles. The molecule has 0 saturated carbocycles. The van der Waals surface area contributed by atoms with Crippen molar-refractivity contribution in [2.75, 3.05) is 13.1 Å². The molecule has 3 rings (SSSR count). The molecule has 2 aliphatic heterocycles. The van der Waals surface area contributed by atoms with Crippen molar-refractivity contribution in [1.82, 2.24) is 9.47 Å². The van der Waals surface area contributed by atoms with E-state index in [2.05, 4.69) is 20.8 Å². The number of fused-ring (bicyclic) bond motifs is 2. The maximum atomic E-state index is 12.5. The van der Waals surface area contributed by atoms with E-state index in [1.54, 1.807) is 11.6 Å². The summed E-state index contributed by atoms with van der Waals surface area (Å²) >= 11 is 0. The van der Waals surface area contributed by atoms with Crippen molar-refractivity contribution in [1.29, 1.82) is 0 Å². The molecule has 1 spiro atoms. The number of likely N-dealkylation sites (tertiary alicyclic amines) is 1. The number of amides is 1. The third-order valence-electron chi connectivity index (χ3n) is 5.07. The lowest BCUT2D eigenvalue weighted by molar-refractivity contribution is -0.0757. The van der Waals surface area contributed by atoms with E-state index >= 15 is 0 Å². The van der Waals surface area contributed by atoms with Crippen LogP contribution in [0.2, 0.25) is 0 Å². The second-order valence-corrected chi connectivity index (χ2v) is 7.61. The van der Waals surface area contributed by atoms with Gasteiger partial charge in [0.15, 0.2) is 0 Å². The molecule has 1 aromatic rings. The minimum absolute atomic E-state index is 0.00876. The molecule has 0 radical (unpaired) electrons. The van der Waals surface area contributed by atoms with E-state index in [0.29, 0.717) is 32.5 Å². The third-order valence-corrected chi connectivity index (χ3v) is 5.07. The van der Waals surface area contributed by atoms with E-state index in [-0.39, 0.29) is 11.0 Å². The zero-order chi connectivity index (χ0) is 17.0. The Hall–Kier alpha value is -1.82. The number of carbonyl (C=O) groups is 1. The molecule has 0 atom stereocenters. The zero-order valence-corrected chi connectivity index (χ0v) is 14.2. The van der Waals surface area contributed by atoms with Gasteiger partial charge in [-0.05, 0) is 23.8 Å². The average molecular weight is 320 g/mol. The molecule has 6 nitrogen and oxygen atoms in total. The maximum absolute atomic E-state index is 12.5. The molecule has 1 saturated heterocycles. The fourth-order valence-electron chi connectivity index (χ4n) is 3.76. The maximum Gasteiger partial charge on any atom is 0.407 e. The molecule has 1 amide bonds. The number of pyridine rings is 1. The van der Waals surface area contributed by atoms with Gasteiger partial charge >= 0.3 is 6.09 Å². The standard InChI is InChI=1S/C17H24N2O4/c1-16(2,3)12-9-18(4)14(20)11-10-23-17(13(11)12)5-7-19(8-6-17)15(21)22/h9H,5-8,10H2,1-4H3,(H,21,22). The Balaban J connectivity index is 2.11. The van der Waals surface area contributed by atoms with Gasteiger partial charge in [-0.3, -0.25) is 4.79 Å². The first-order valence-corrected chi connectivity index (χ1v) is 8.01. The fourth-order valence-corrected chi connectivity index (χ4v) is 3.76. The first-order chi connectivity index (χ1) is 10.7. The van der Waals surface area contributed by atoms with Crippen LogP contribution in [0, 0.1) is 0 Å². The van der Waals surface area contributed by atoms with E-state index in [1.807, 2.05) is 6.20 Å². The van der Waals surface area contributed by atoms with Crippen molar-refractivity contribution in [2.24, 2.45) is 7.05 Å². The summed E-state index contributed by atoms with van der Waals surface area (Å²) < 4.78 is 7.75. The van der Waals surface area contributed by atoms with Crippen LogP contribution in [-0.2, 0) is 29.4 Å². The summed E-state index contributed by atoms with van der Waals surface area (Å²) in [5, 5.41) is 9.16. The van der Waals surface area contributed by atoms with E-state index in [4.69, 9.17) is 9.84 Å². The Labute approximate surface area is 135 Å². The summed E-state index contributed by atoms with van der Waals surface area (Å²) in [6.45, 7) is 7.59. The molecule has 2 aliphatic rings. The topological polar surface area (TPSA) is 71.8 Å². The van der Waals surface area contributed by atoms with Crippen molar-refractivity contribution in [3.05, 3.63) is 33.2 Å². The minimum Gasteiger partial charge on any atom is -0.465 e. The summed E-state index contributed by atoms with van der Waals surface area (Å²) in [7, 11) is 1.77. The second-order valence-electron chi connectivity index (χ2n) is 7.61. The number of aryl methyl sites for hydroxylation is 1. The molecule has 0 aliphatic carbocycles. The molecule has 126 valence electrons. The van der Waals surface area contributed by atoms with Crippen molar-refractivity contribution in [3.63, 3.8) is 0 Å². The van der Waals surface area contributed by atoms with E-state index in [0.717, 1.165) is 16.7 Å². The molecular formula is C17H24N2O4. The van der Waals surface area contributed by atoms with Crippen molar-refractivity contribution in [2.45, 2.75) is 51.2 Å². The number of carboxylic acid groups (broad SMARTS) is 1.